The Morgan fingerprint density at radius 2 is 2.35 bits per heavy atom. The van der Waals surface area contributed by atoms with E-state index in [9.17, 15) is 0 Å². The number of nitrogen functional groups attached to an aromatic ring is 1. The number of thioether (sulfide) groups is 1. The van der Waals surface area contributed by atoms with E-state index in [-0.39, 0.29) is 0 Å². The van der Waals surface area contributed by atoms with Gasteiger partial charge in [0.15, 0.2) is 0 Å². The van der Waals surface area contributed by atoms with Gasteiger partial charge in [0.25, 0.3) is 0 Å². The van der Waals surface area contributed by atoms with Gasteiger partial charge in [-0.1, -0.05) is 0 Å². The zero-order valence-corrected chi connectivity index (χ0v) is 11.4. The van der Waals surface area contributed by atoms with Gasteiger partial charge in [0, 0.05) is 16.6 Å². The highest BCUT2D eigenvalue weighted by Crippen LogP contribution is 2.24. The van der Waals surface area contributed by atoms with Crippen molar-refractivity contribution in [3.63, 3.8) is 0 Å². The average Bonchev–Trinajstić information content (AvgIpc) is 2.82. The third-order valence-electron chi connectivity index (χ3n) is 3.37. The van der Waals surface area contributed by atoms with Crippen molar-refractivity contribution in [1.29, 1.82) is 0 Å². The molecule has 0 saturated carbocycles. The summed E-state index contributed by atoms with van der Waals surface area (Å²) in [7, 11) is 0. The summed E-state index contributed by atoms with van der Waals surface area (Å²) in [6.45, 7) is 3.29. The Balaban J connectivity index is 1.68. The van der Waals surface area contributed by atoms with E-state index in [1.54, 1.807) is 0 Å². The molecule has 3 N–H and O–H groups in total. The largest absolute Gasteiger partial charge is 0.399 e. The summed E-state index contributed by atoms with van der Waals surface area (Å²) in [5, 5.41) is 3.55. The maximum Gasteiger partial charge on any atom is 0.0344 e. The Labute approximate surface area is 108 Å². The molecule has 2 nitrogen and oxygen atoms in total. The van der Waals surface area contributed by atoms with Crippen molar-refractivity contribution in [2.75, 3.05) is 18.0 Å². The predicted octanol–water partition coefficient (Wildman–Crippen LogP) is 3.20. The maximum absolute atomic E-state index is 5.81. The Kier molecular flexibility index (Phi) is 4.75. The molecule has 0 radical (unpaired) electrons. The van der Waals surface area contributed by atoms with Gasteiger partial charge in [0.05, 0.1) is 0 Å². The molecule has 17 heavy (non-hydrogen) atoms. The van der Waals surface area contributed by atoms with Crippen LogP contribution in [-0.4, -0.2) is 18.3 Å². The molecular weight excluding hydrogens is 228 g/mol. The van der Waals surface area contributed by atoms with E-state index in [0.29, 0.717) is 0 Å². The Morgan fingerprint density at radius 3 is 3.06 bits per heavy atom. The van der Waals surface area contributed by atoms with Gasteiger partial charge in [-0.3, -0.25) is 0 Å². The summed E-state index contributed by atoms with van der Waals surface area (Å²) in [5.41, 5.74) is 7.89. The van der Waals surface area contributed by atoms with Crippen molar-refractivity contribution in [3.8, 4) is 0 Å². The SMILES string of the molecule is Cc1cc(SCCCC2CCCN2)ccc1N. The van der Waals surface area contributed by atoms with Crippen LogP contribution in [0, 0.1) is 6.92 Å². The molecule has 94 valence electrons. The summed E-state index contributed by atoms with van der Waals surface area (Å²) in [6.07, 6.45) is 5.34. The lowest BCUT2D eigenvalue weighted by molar-refractivity contribution is 0.553. The summed E-state index contributed by atoms with van der Waals surface area (Å²) in [5.74, 6) is 1.21. The van der Waals surface area contributed by atoms with Crippen molar-refractivity contribution in [1.82, 2.24) is 5.32 Å². The van der Waals surface area contributed by atoms with Crippen LogP contribution in [0.4, 0.5) is 5.69 Å². The van der Waals surface area contributed by atoms with Gasteiger partial charge in [-0.15, -0.1) is 11.8 Å². The van der Waals surface area contributed by atoms with Gasteiger partial charge in [-0.05, 0) is 68.7 Å². The minimum absolute atomic E-state index is 0.781. The highest BCUT2D eigenvalue weighted by Gasteiger charge is 2.12. The topological polar surface area (TPSA) is 38.0 Å². The van der Waals surface area contributed by atoms with E-state index >= 15 is 0 Å². The summed E-state index contributed by atoms with van der Waals surface area (Å²) >= 11 is 1.94. The Bertz CT molecular complexity index is 359. The third-order valence-corrected chi connectivity index (χ3v) is 4.45. The fraction of sp³-hybridized carbons (Fsp3) is 0.571. The van der Waals surface area contributed by atoms with E-state index in [4.69, 9.17) is 5.73 Å². The zero-order valence-electron chi connectivity index (χ0n) is 10.5. The molecule has 0 aromatic heterocycles. The van der Waals surface area contributed by atoms with E-state index in [1.807, 2.05) is 17.8 Å². The highest BCUT2D eigenvalue weighted by molar-refractivity contribution is 7.99. The number of benzene rings is 1. The van der Waals surface area contributed by atoms with Gasteiger partial charge in [0.2, 0.25) is 0 Å². The molecule has 1 aromatic rings. The number of rotatable bonds is 5. The monoisotopic (exact) mass is 250 g/mol. The van der Waals surface area contributed by atoms with Gasteiger partial charge in [-0.25, -0.2) is 0 Å². The standard InChI is InChI=1S/C14H22N2S/c1-11-10-13(6-7-14(11)15)17-9-3-5-12-4-2-8-16-12/h6-7,10,12,16H,2-5,8-9,15H2,1H3. The lowest BCUT2D eigenvalue weighted by Crippen LogP contribution is -2.20. The first-order chi connectivity index (χ1) is 8.25. The fourth-order valence-corrected chi connectivity index (χ4v) is 3.23. The third kappa shape index (κ3) is 3.93. The van der Waals surface area contributed by atoms with Crippen LogP contribution in [-0.2, 0) is 0 Å². The number of nitrogens with two attached hydrogens (primary N) is 1. The van der Waals surface area contributed by atoms with Crippen molar-refractivity contribution >= 4 is 17.4 Å². The van der Waals surface area contributed by atoms with Crippen LogP contribution in [0.15, 0.2) is 23.1 Å². The Morgan fingerprint density at radius 1 is 1.47 bits per heavy atom. The van der Waals surface area contributed by atoms with Crippen LogP contribution >= 0.6 is 11.8 Å². The van der Waals surface area contributed by atoms with Gasteiger partial charge >= 0.3 is 0 Å². The molecule has 3 heteroatoms. The number of hydrogen-bond acceptors (Lipinski definition) is 3. The van der Waals surface area contributed by atoms with Crippen molar-refractivity contribution in [2.24, 2.45) is 0 Å². The van der Waals surface area contributed by atoms with Gasteiger partial charge < -0.3 is 11.1 Å². The highest BCUT2D eigenvalue weighted by atomic mass is 32.2. The average molecular weight is 250 g/mol. The number of hydrogen-bond donors (Lipinski definition) is 2. The molecule has 1 aromatic carbocycles. The second-order valence-electron chi connectivity index (χ2n) is 4.80. The molecule has 1 saturated heterocycles. The van der Waals surface area contributed by atoms with Gasteiger partial charge in [-0.2, -0.15) is 0 Å². The van der Waals surface area contributed by atoms with Crippen LogP contribution in [0.3, 0.4) is 0 Å². The van der Waals surface area contributed by atoms with Crippen LogP contribution in [0.1, 0.15) is 31.2 Å². The second-order valence-corrected chi connectivity index (χ2v) is 5.97. The lowest BCUT2D eigenvalue weighted by Gasteiger charge is -2.09. The van der Waals surface area contributed by atoms with Crippen LogP contribution in [0.2, 0.25) is 0 Å². The molecule has 0 amide bonds. The number of aryl methyl sites for hydroxylation is 1. The quantitative estimate of drug-likeness (QED) is 0.479. The van der Waals surface area contributed by atoms with E-state index in [2.05, 4.69) is 24.4 Å². The van der Waals surface area contributed by atoms with Crippen molar-refractivity contribution in [3.05, 3.63) is 23.8 Å². The molecular formula is C14H22N2S. The smallest absolute Gasteiger partial charge is 0.0344 e. The van der Waals surface area contributed by atoms with Crippen molar-refractivity contribution < 1.29 is 0 Å². The maximum atomic E-state index is 5.81. The van der Waals surface area contributed by atoms with Crippen LogP contribution in [0.25, 0.3) is 0 Å². The Hall–Kier alpha value is -0.670. The van der Waals surface area contributed by atoms with E-state index in [1.165, 1.54) is 48.4 Å². The van der Waals surface area contributed by atoms with Crippen molar-refractivity contribution in [2.45, 2.75) is 43.5 Å². The first-order valence-electron chi connectivity index (χ1n) is 6.48. The first-order valence-corrected chi connectivity index (χ1v) is 7.46. The molecule has 1 heterocycles. The fourth-order valence-electron chi connectivity index (χ4n) is 2.26. The summed E-state index contributed by atoms with van der Waals surface area (Å²) in [4.78, 5) is 1.34. The molecule has 1 unspecified atom stereocenters. The molecule has 1 aliphatic heterocycles. The van der Waals surface area contributed by atoms with Crippen LogP contribution < -0.4 is 11.1 Å². The minimum atomic E-state index is 0.781. The summed E-state index contributed by atoms with van der Waals surface area (Å²) < 4.78 is 0. The molecule has 2 rings (SSSR count). The lowest BCUT2D eigenvalue weighted by atomic mass is 10.1. The van der Waals surface area contributed by atoms with E-state index in [0.717, 1.165) is 11.7 Å². The first kappa shape index (κ1) is 12.8. The minimum Gasteiger partial charge on any atom is -0.399 e. The number of nitrogens with one attached hydrogen (secondary N) is 1. The normalized spacial score (nSPS) is 19.7. The molecule has 0 aliphatic carbocycles. The molecule has 1 fully saturated rings. The molecule has 0 bridgehead atoms. The van der Waals surface area contributed by atoms with Crippen LogP contribution in [0.5, 0.6) is 0 Å². The van der Waals surface area contributed by atoms with Gasteiger partial charge in [0.1, 0.15) is 0 Å². The molecule has 1 aliphatic rings. The van der Waals surface area contributed by atoms with E-state index < -0.39 is 0 Å². The predicted molar refractivity (Wildman–Crippen MR) is 76.6 cm³/mol. The molecule has 0 spiro atoms. The second kappa shape index (κ2) is 6.31. The summed E-state index contributed by atoms with van der Waals surface area (Å²) in [6, 6.07) is 7.11. The zero-order chi connectivity index (χ0) is 12.1. The molecule has 1 atom stereocenters. The number of anilines is 1.